The van der Waals surface area contributed by atoms with Gasteiger partial charge in [0.05, 0.1) is 11.1 Å². The number of pyridine rings is 1. The fourth-order valence-corrected chi connectivity index (χ4v) is 3.58. The number of benzene rings is 2. The third kappa shape index (κ3) is 4.11. The van der Waals surface area contributed by atoms with Gasteiger partial charge in [0.2, 0.25) is 0 Å². The number of rotatable bonds is 4. The van der Waals surface area contributed by atoms with Crippen molar-refractivity contribution in [2.45, 2.75) is 12.6 Å². The van der Waals surface area contributed by atoms with Crippen molar-refractivity contribution in [2.75, 3.05) is 19.0 Å². The molecule has 3 rings (SSSR count). The van der Waals surface area contributed by atoms with E-state index in [9.17, 15) is 23.1 Å². The number of aromatic nitrogens is 1. The smallest absolute Gasteiger partial charge is 0.418 e. The summed E-state index contributed by atoms with van der Waals surface area (Å²) in [5.74, 6) is -1.39. The minimum absolute atomic E-state index is 0.00118. The molecule has 0 bridgehead atoms. The van der Waals surface area contributed by atoms with Crippen molar-refractivity contribution < 1.29 is 23.1 Å². The van der Waals surface area contributed by atoms with Crippen LogP contribution in [0.4, 0.5) is 19.0 Å². The summed E-state index contributed by atoms with van der Waals surface area (Å²) in [5, 5.41) is 10.1. The highest BCUT2D eigenvalue weighted by Gasteiger charge is 2.35. The molecular weight excluding hydrogens is 428 g/mol. The summed E-state index contributed by atoms with van der Waals surface area (Å²) >= 11 is 12.2. The maximum atomic E-state index is 13.7. The molecule has 0 aliphatic rings. The molecule has 1 N–H and O–H groups in total. The van der Waals surface area contributed by atoms with Gasteiger partial charge in [-0.05, 0) is 29.3 Å². The molecule has 0 saturated heterocycles. The third-order valence-corrected chi connectivity index (χ3v) is 5.00. The molecule has 0 amide bonds. The molecule has 0 atom stereocenters. The highest BCUT2D eigenvalue weighted by atomic mass is 35.5. The predicted molar refractivity (Wildman–Crippen MR) is 107 cm³/mol. The van der Waals surface area contributed by atoms with Crippen molar-refractivity contribution in [1.29, 1.82) is 0 Å². The molecule has 0 fully saturated rings. The van der Waals surface area contributed by atoms with E-state index in [0.717, 1.165) is 6.07 Å². The van der Waals surface area contributed by atoms with Crippen LogP contribution < -0.4 is 4.90 Å². The number of anilines is 1. The molecule has 152 valence electrons. The van der Waals surface area contributed by atoms with Crippen molar-refractivity contribution in [3.8, 4) is 0 Å². The van der Waals surface area contributed by atoms with Crippen molar-refractivity contribution in [3.05, 3.63) is 68.7 Å². The highest BCUT2D eigenvalue weighted by Crippen LogP contribution is 2.40. The monoisotopic (exact) mass is 442 g/mol. The van der Waals surface area contributed by atoms with Crippen LogP contribution >= 0.6 is 23.2 Å². The number of halogens is 5. The Labute approximate surface area is 174 Å². The first-order chi connectivity index (χ1) is 13.5. The van der Waals surface area contributed by atoms with Gasteiger partial charge < -0.3 is 10.0 Å². The lowest BCUT2D eigenvalue weighted by Crippen LogP contribution is -2.19. The maximum absolute atomic E-state index is 13.7. The van der Waals surface area contributed by atoms with Gasteiger partial charge in [-0.2, -0.15) is 13.2 Å². The van der Waals surface area contributed by atoms with Crippen LogP contribution in [0.25, 0.3) is 10.9 Å². The van der Waals surface area contributed by atoms with E-state index in [2.05, 4.69) is 4.98 Å². The van der Waals surface area contributed by atoms with Gasteiger partial charge in [0, 0.05) is 35.9 Å². The second-order valence-electron chi connectivity index (χ2n) is 6.60. The fourth-order valence-electron chi connectivity index (χ4n) is 3.16. The molecular formula is C20H15Cl2F3N2O2. The van der Waals surface area contributed by atoms with Crippen LogP contribution in [0, 0.1) is 0 Å². The zero-order chi connectivity index (χ0) is 21.5. The second kappa shape index (κ2) is 7.72. The van der Waals surface area contributed by atoms with Gasteiger partial charge in [-0.3, -0.25) is 0 Å². The Morgan fingerprint density at radius 2 is 1.83 bits per heavy atom. The second-order valence-corrected chi connectivity index (χ2v) is 7.45. The van der Waals surface area contributed by atoms with E-state index in [1.165, 1.54) is 25.1 Å². The Morgan fingerprint density at radius 3 is 2.38 bits per heavy atom. The molecule has 4 nitrogen and oxygen atoms in total. The summed E-state index contributed by atoms with van der Waals surface area (Å²) in [6.45, 7) is 0. The average Bonchev–Trinajstić information content (AvgIpc) is 2.61. The van der Waals surface area contributed by atoms with E-state index in [1.807, 2.05) is 0 Å². The van der Waals surface area contributed by atoms with Crippen LogP contribution in [0.2, 0.25) is 10.0 Å². The van der Waals surface area contributed by atoms with E-state index in [4.69, 9.17) is 23.2 Å². The largest absolute Gasteiger partial charge is 0.478 e. The maximum Gasteiger partial charge on any atom is 0.418 e. The molecule has 1 aromatic heterocycles. The van der Waals surface area contributed by atoms with Crippen molar-refractivity contribution in [2.24, 2.45) is 0 Å². The Morgan fingerprint density at radius 1 is 1.17 bits per heavy atom. The molecule has 3 aromatic rings. The summed E-state index contributed by atoms with van der Waals surface area (Å²) in [5.41, 5.74) is -0.856. The third-order valence-electron chi connectivity index (χ3n) is 4.41. The average molecular weight is 443 g/mol. The van der Waals surface area contributed by atoms with Crippen LogP contribution in [0.3, 0.4) is 0 Å². The fraction of sp³-hybridized carbons (Fsp3) is 0.200. The molecule has 0 unspecified atom stereocenters. The minimum atomic E-state index is -4.72. The normalized spacial score (nSPS) is 11.7. The SMILES string of the molecule is CN(C)c1nc2c(C(F)(F)F)cc(Cl)cc2c(Cc2ccccc2Cl)c1C(=O)O. The molecule has 0 radical (unpaired) electrons. The van der Waals surface area contributed by atoms with E-state index in [0.29, 0.717) is 10.6 Å². The van der Waals surface area contributed by atoms with Gasteiger partial charge in [-0.25, -0.2) is 9.78 Å². The molecule has 0 saturated carbocycles. The van der Waals surface area contributed by atoms with Gasteiger partial charge in [-0.1, -0.05) is 41.4 Å². The van der Waals surface area contributed by atoms with Gasteiger partial charge in [0.1, 0.15) is 11.4 Å². The molecule has 0 spiro atoms. The first kappa shape index (κ1) is 21.2. The number of nitrogens with zero attached hydrogens (tertiary/aromatic N) is 2. The topological polar surface area (TPSA) is 53.4 Å². The lowest BCUT2D eigenvalue weighted by atomic mass is 9.94. The predicted octanol–water partition coefficient (Wildman–Crippen LogP) is 5.92. The molecule has 1 heterocycles. The van der Waals surface area contributed by atoms with Gasteiger partial charge in [0.25, 0.3) is 0 Å². The summed E-state index contributed by atoms with van der Waals surface area (Å²) in [6.07, 6.45) is -4.72. The summed E-state index contributed by atoms with van der Waals surface area (Å²) in [7, 11) is 3.03. The number of fused-ring (bicyclic) bond motifs is 1. The molecule has 9 heteroatoms. The van der Waals surface area contributed by atoms with Crippen LogP contribution in [-0.4, -0.2) is 30.2 Å². The van der Waals surface area contributed by atoms with E-state index in [1.54, 1.807) is 24.3 Å². The lowest BCUT2D eigenvalue weighted by Gasteiger charge is -2.21. The Kier molecular flexibility index (Phi) is 5.65. The molecule has 0 aliphatic carbocycles. The Bertz CT molecular complexity index is 1120. The number of hydrogen-bond donors (Lipinski definition) is 1. The van der Waals surface area contributed by atoms with E-state index < -0.39 is 17.7 Å². The number of carboxylic acids is 1. The van der Waals surface area contributed by atoms with Crippen LogP contribution in [0.5, 0.6) is 0 Å². The van der Waals surface area contributed by atoms with Crippen molar-refractivity contribution in [1.82, 2.24) is 4.98 Å². The number of alkyl halides is 3. The molecule has 29 heavy (non-hydrogen) atoms. The van der Waals surface area contributed by atoms with E-state index in [-0.39, 0.29) is 39.3 Å². The van der Waals surface area contributed by atoms with Crippen molar-refractivity contribution >= 4 is 45.9 Å². The van der Waals surface area contributed by atoms with Gasteiger partial charge in [-0.15, -0.1) is 0 Å². The zero-order valence-electron chi connectivity index (χ0n) is 15.3. The van der Waals surface area contributed by atoms with Crippen molar-refractivity contribution in [3.63, 3.8) is 0 Å². The first-order valence-electron chi connectivity index (χ1n) is 8.38. The summed E-state index contributed by atoms with van der Waals surface area (Å²) < 4.78 is 41.0. The molecule has 0 aliphatic heterocycles. The highest BCUT2D eigenvalue weighted by molar-refractivity contribution is 6.32. The Hall–Kier alpha value is -2.51. The van der Waals surface area contributed by atoms with Gasteiger partial charge in [0.15, 0.2) is 0 Å². The standard InChI is InChI=1S/C20H15Cl2F3N2O2/c1-27(2)18-16(19(28)29)12(7-10-5-3-4-6-15(10)22)13-8-11(21)9-14(17(13)26-18)20(23,24)25/h3-6,8-9H,7H2,1-2H3,(H,28,29). The lowest BCUT2D eigenvalue weighted by molar-refractivity contribution is -0.136. The minimum Gasteiger partial charge on any atom is -0.478 e. The zero-order valence-corrected chi connectivity index (χ0v) is 16.8. The Balaban J connectivity index is 2.48. The van der Waals surface area contributed by atoms with Crippen LogP contribution in [0.15, 0.2) is 36.4 Å². The van der Waals surface area contributed by atoms with E-state index >= 15 is 0 Å². The summed E-state index contributed by atoms with van der Waals surface area (Å²) in [6, 6.07) is 8.82. The van der Waals surface area contributed by atoms with Gasteiger partial charge >= 0.3 is 12.1 Å². The number of hydrogen-bond acceptors (Lipinski definition) is 3. The van der Waals surface area contributed by atoms with Crippen LogP contribution in [0.1, 0.15) is 27.0 Å². The first-order valence-corrected chi connectivity index (χ1v) is 9.13. The number of carbonyl (C=O) groups is 1. The quantitative estimate of drug-likeness (QED) is 0.545. The number of carboxylic acid groups (broad SMARTS) is 1. The number of aromatic carboxylic acids is 1. The van der Waals surface area contributed by atoms with Crippen LogP contribution in [-0.2, 0) is 12.6 Å². The summed E-state index contributed by atoms with van der Waals surface area (Å²) in [4.78, 5) is 17.5. The molecule has 2 aromatic carbocycles.